The highest BCUT2D eigenvalue weighted by Gasteiger charge is 2.29. The summed E-state index contributed by atoms with van der Waals surface area (Å²) in [6.45, 7) is 0.720. The molecule has 26 heavy (non-hydrogen) atoms. The Morgan fingerprint density at radius 2 is 2.23 bits per heavy atom. The molecular formula is C18H23N4O2S2+. The van der Waals surface area contributed by atoms with Crippen molar-refractivity contribution in [2.75, 3.05) is 32.3 Å². The Kier molecular flexibility index (Phi) is 6.42. The number of aromatic nitrogens is 3. The molecule has 0 atom stereocenters. The molecule has 0 unspecified atom stereocenters. The van der Waals surface area contributed by atoms with Crippen molar-refractivity contribution in [2.24, 2.45) is 0 Å². The number of methoxy groups -OCH3 is 1. The Labute approximate surface area is 160 Å². The molecule has 6 nitrogen and oxygen atoms in total. The highest BCUT2D eigenvalue weighted by Crippen LogP contribution is 2.49. The molecule has 1 aliphatic carbocycles. The number of H-pyrrole nitrogens is 1. The number of nitrogens with two attached hydrogens (primary N) is 1. The lowest BCUT2D eigenvalue weighted by atomic mass is 10.0. The summed E-state index contributed by atoms with van der Waals surface area (Å²) in [6, 6.07) is 2.19. The minimum atomic E-state index is 0.614. The first-order valence-electron chi connectivity index (χ1n) is 8.38. The van der Waals surface area contributed by atoms with E-state index in [2.05, 4.69) is 16.0 Å². The fraction of sp³-hybridized carbons (Fsp3) is 0.389. The molecule has 0 aromatic carbocycles. The van der Waals surface area contributed by atoms with E-state index in [0.717, 1.165) is 50.8 Å². The van der Waals surface area contributed by atoms with Crippen LogP contribution in [0.4, 0.5) is 5.69 Å². The van der Waals surface area contributed by atoms with E-state index in [1.54, 1.807) is 36.5 Å². The number of ether oxygens (including phenoxy) is 1. The van der Waals surface area contributed by atoms with E-state index in [1.165, 1.54) is 18.4 Å². The predicted molar refractivity (Wildman–Crippen MR) is 107 cm³/mol. The van der Waals surface area contributed by atoms with E-state index in [-0.39, 0.29) is 0 Å². The van der Waals surface area contributed by atoms with E-state index in [4.69, 9.17) is 20.6 Å². The molecule has 3 aromatic rings. The summed E-state index contributed by atoms with van der Waals surface area (Å²) in [5, 5.41) is 8.15. The summed E-state index contributed by atoms with van der Waals surface area (Å²) in [4.78, 5) is 13.1. The quantitative estimate of drug-likeness (QED) is 0.495. The molecule has 0 saturated heterocycles. The third-order valence-corrected chi connectivity index (χ3v) is 6.48. The number of aromatic amines is 1. The molecular weight excluding hydrogens is 368 g/mol. The number of rotatable bonds is 6. The van der Waals surface area contributed by atoms with Crippen molar-refractivity contribution in [3.05, 3.63) is 30.4 Å². The Balaban J connectivity index is 0.000000948. The molecule has 1 saturated carbocycles. The third kappa shape index (κ3) is 3.98. The van der Waals surface area contributed by atoms with Gasteiger partial charge in [0.05, 0.1) is 27.8 Å². The van der Waals surface area contributed by atoms with E-state index in [0.29, 0.717) is 5.92 Å². The van der Waals surface area contributed by atoms with Gasteiger partial charge in [0, 0.05) is 25.4 Å². The molecule has 8 heteroatoms. The fourth-order valence-corrected chi connectivity index (χ4v) is 5.06. The lowest BCUT2D eigenvalue weighted by molar-refractivity contribution is -0.382. The van der Waals surface area contributed by atoms with E-state index < -0.39 is 0 Å². The topological polar surface area (TPSA) is 95.4 Å². The number of thioether (sulfide) groups is 1. The smallest absolute Gasteiger partial charge is 0.283 e. The van der Waals surface area contributed by atoms with Crippen LogP contribution in [0, 0.1) is 0 Å². The van der Waals surface area contributed by atoms with Crippen LogP contribution in [-0.2, 0) is 4.74 Å². The van der Waals surface area contributed by atoms with Gasteiger partial charge in [-0.15, -0.1) is 23.1 Å². The van der Waals surface area contributed by atoms with Gasteiger partial charge in [0.25, 0.3) is 6.33 Å². The fourth-order valence-electron chi connectivity index (χ4n) is 2.78. The van der Waals surface area contributed by atoms with E-state index >= 15 is 0 Å². The monoisotopic (exact) mass is 391 g/mol. The van der Waals surface area contributed by atoms with Gasteiger partial charge in [-0.2, -0.15) is 0 Å². The van der Waals surface area contributed by atoms with Crippen LogP contribution in [0.15, 0.2) is 29.0 Å². The maximum absolute atomic E-state index is 7.00. The molecule has 3 heterocycles. The number of nitrogens with zero attached hydrogens (tertiary/aromatic N) is 2. The molecule has 0 aliphatic heterocycles. The summed E-state index contributed by atoms with van der Waals surface area (Å²) in [6.07, 6.45) is 7.91. The van der Waals surface area contributed by atoms with Gasteiger partial charge in [0.1, 0.15) is 11.0 Å². The van der Waals surface area contributed by atoms with Crippen molar-refractivity contribution in [1.29, 1.82) is 0 Å². The largest absolute Gasteiger partial charge is 0.400 e. The van der Waals surface area contributed by atoms with Crippen LogP contribution in [0.1, 0.15) is 24.3 Å². The van der Waals surface area contributed by atoms with E-state index in [9.17, 15) is 0 Å². The SMILES string of the molecule is CO.COCCSc1sc2nc(-c3cnc[nH+]c3)cc(C3CC3)c2c1N. The Morgan fingerprint density at radius 3 is 2.88 bits per heavy atom. The third-order valence-electron chi connectivity index (χ3n) is 4.13. The Morgan fingerprint density at radius 1 is 1.42 bits per heavy atom. The van der Waals surface area contributed by atoms with Crippen molar-refractivity contribution in [3.8, 4) is 11.3 Å². The van der Waals surface area contributed by atoms with Crippen LogP contribution in [-0.4, -0.2) is 41.7 Å². The number of anilines is 1. The van der Waals surface area contributed by atoms with Gasteiger partial charge in [-0.3, -0.25) is 0 Å². The number of hydrogen-bond donors (Lipinski definition) is 2. The predicted octanol–water partition coefficient (Wildman–Crippen LogP) is 2.98. The van der Waals surface area contributed by atoms with Crippen LogP contribution in [0.25, 0.3) is 21.5 Å². The Hall–Kier alpha value is -1.74. The highest BCUT2D eigenvalue weighted by atomic mass is 32.2. The standard InChI is InChI=1S/C17H18N4OS2.CH4O/c1-22-4-5-23-17-15(18)14-12(10-2-3-10)6-13(21-16(14)24-17)11-7-19-9-20-8-11;1-2/h6-10H,2-5,18H2,1H3;2H,1H3/p+1. The second kappa shape index (κ2) is 8.77. The maximum Gasteiger partial charge on any atom is 0.283 e. The molecule has 0 spiro atoms. The average Bonchev–Trinajstić information content (AvgIpc) is 3.49. The van der Waals surface area contributed by atoms with Gasteiger partial charge in [-0.1, -0.05) is 4.98 Å². The minimum absolute atomic E-state index is 0.614. The average molecular weight is 392 g/mol. The molecule has 0 bridgehead atoms. The summed E-state index contributed by atoms with van der Waals surface area (Å²) in [5.41, 5.74) is 10.7. The van der Waals surface area contributed by atoms with Crippen molar-refractivity contribution >= 4 is 39.0 Å². The number of aliphatic hydroxyl groups is 1. The molecule has 4 N–H and O–H groups in total. The normalized spacial score (nSPS) is 13.5. The molecule has 1 aliphatic rings. The number of nitrogens with one attached hydrogen (secondary N) is 1. The zero-order valence-corrected chi connectivity index (χ0v) is 16.5. The highest BCUT2D eigenvalue weighted by molar-refractivity contribution is 8.01. The van der Waals surface area contributed by atoms with Crippen molar-refractivity contribution < 1.29 is 14.8 Å². The van der Waals surface area contributed by atoms with Crippen LogP contribution in [0.5, 0.6) is 0 Å². The van der Waals surface area contributed by atoms with Gasteiger partial charge < -0.3 is 15.6 Å². The summed E-state index contributed by atoms with van der Waals surface area (Å²) < 4.78 is 6.29. The number of pyridine rings is 1. The number of nitrogen functional groups attached to an aromatic ring is 1. The molecule has 138 valence electrons. The first-order chi connectivity index (χ1) is 12.8. The second-order valence-corrected chi connectivity index (χ2v) is 8.23. The van der Waals surface area contributed by atoms with E-state index in [1.807, 2.05) is 12.4 Å². The molecule has 0 amide bonds. The number of thiophene rings is 1. The van der Waals surface area contributed by atoms with Crippen molar-refractivity contribution in [2.45, 2.75) is 23.0 Å². The van der Waals surface area contributed by atoms with Crippen molar-refractivity contribution in [1.82, 2.24) is 9.97 Å². The van der Waals surface area contributed by atoms with Crippen LogP contribution >= 0.6 is 23.1 Å². The molecule has 1 fully saturated rings. The second-order valence-electron chi connectivity index (χ2n) is 5.87. The number of fused-ring (bicyclic) bond motifs is 1. The molecule has 0 radical (unpaired) electrons. The van der Waals surface area contributed by atoms with Crippen LogP contribution < -0.4 is 10.7 Å². The van der Waals surface area contributed by atoms with Gasteiger partial charge in [-0.05, 0) is 30.4 Å². The number of aliphatic hydroxyl groups excluding tert-OH is 1. The summed E-state index contributed by atoms with van der Waals surface area (Å²) >= 11 is 3.43. The van der Waals surface area contributed by atoms with Crippen LogP contribution in [0.3, 0.4) is 0 Å². The zero-order chi connectivity index (χ0) is 18.5. The Bertz CT molecular complexity index is 867. The van der Waals surface area contributed by atoms with Gasteiger partial charge in [0.2, 0.25) is 0 Å². The summed E-state index contributed by atoms with van der Waals surface area (Å²) in [7, 11) is 2.72. The zero-order valence-electron chi connectivity index (χ0n) is 14.9. The molecule has 4 rings (SSSR count). The number of hydrogen-bond acceptors (Lipinski definition) is 7. The van der Waals surface area contributed by atoms with Crippen LogP contribution in [0.2, 0.25) is 0 Å². The lowest BCUT2D eigenvalue weighted by Gasteiger charge is -2.06. The summed E-state index contributed by atoms with van der Waals surface area (Å²) in [5.74, 6) is 1.51. The first-order valence-corrected chi connectivity index (χ1v) is 10.2. The molecule has 3 aromatic heterocycles. The first kappa shape index (κ1) is 19.0. The van der Waals surface area contributed by atoms with Gasteiger partial charge in [-0.25, -0.2) is 9.97 Å². The lowest BCUT2D eigenvalue weighted by Crippen LogP contribution is -2.02. The maximum atomic E-state index is 7.00. The minimum Gasteiger partial charge on any atom is -0.400 e. The van der Waals surface area contributed by atoms with Crippen molar-refractivity contribution in [3.63, 3.8) is 0 Å². The van der Waals surface area contributed by atoms with Gasteiger partial charge >= 0.3 is 0 Å². The van der Waals surface area contributed by atoms with Gasteiger partial charge in [0.15, 0.2) is 6.20 Å².